The Morgan fingerprint density at radius 3 is 2.60 bits per heavy atom. The summed E-state index contributed by atoms with van der Waals surface area (Å²) in [7, 11) is 6.46. The van der Waals surface area contributed by atoms with Gasteiger partial charge in [0.15, 0.2) is 0 Å². The van der Waals surface area contributed by atoms with Crippen molar-refractivity contribution in [3.05, 3.63) is 0 Å². The van der Waals surface area contributed by atoms with E-state index in [1.54, 1.807) is 0 Å². The molecular weight excluding hydrogens is 264 g/mol. The van der Waals surface area contributed by atoms with Gasteiger partial charge in [0, 0.05) is 42.6 Å². The van der Waals surface area contributed by atoms with Crippen molar-refractivity contribution in [3.8, 4) is 0 Å². The second-order valence-electron chi connectivity index (χ2n) is 3.61. The van der Waals surface area contributed by atoms with Crippen molar-refractivity contribution >= 4 is 42.5 Å². The van der Waals surface area contributed by atoms with Crippen LogP contribution >= 0.6 is 42.5 Å². The fraction of sp³-hybridized carbons (Fsp3) is 1.00. The first-order valence-corrected chi connectivity index (χ1v) is 11.1. The van der Waals surface area contributed by atoms with Crippen molar-refractivity contribution < 1.29 is 0 Å². The third-order valence-electron chi connectivity index (χ3n) is 2.48. The monoisotopic (exact) mass is 284 g/mol. The lowest BCUT2D eigenvalue weighted by Gasteiger charge is -2.34. The number of hydrogen-bond acceptors (Lipinski definition) is 5. The molecule has 0 radical (unpaired) electrons. The smallest absolute Gasteiger partial charge is 0.0179 e. The van der Waals surface area contributed by atoms with E-state index >= 15 is 0 Å². The first kappa shape index (κ1) is 12.8. The van der Waals surface area contributed by atoms with E-state index in [1.165, 1.54) is 55.6 Å². The average Bonchev–Trinajstić information content (AvgIpc) is 2.45. The van der Waals surface area contributed by atoms with Crippen LogP contribution in [0.15, 0.2) is 0 Å². The van der Waals surface area contributed by atoms with Gasteiger partial charge in [-0.15, -0.1) is 20.9 Å². The zero-order valence-corrected chi connectivity index (χ0v) is 12.3. The van der Waals surface area contributed by atoms with Crippen LogP contribution in [-0.4, -0.2) is 53.5 Å². The quantitative estimate of drug-likeness (QED) is 0.565. The SMILES string of the molecule is C1CNCC[SH](N2CCSSCC2)SC1. The third kappa shape index (κ3) is 4.60. The Labute approximate surface area is 107 Å². The van der Waals surface area contributed by atoms with Gasteiger partial charge in [-0.05, 0) is 13.0 Å². The molecule has 2 aliphatic heterocycles. The van der Waals surface area contributed by atoms with Gasteiger partial charge in [-0.1, -0.05) is 21.6 Å². The fourth-order valence-electron chi connectivity index (χ4n) is 1.69. The molecule has 0 aliphatic carbocycles. The van der Waals surface area contributed by atoms with Crippen LogP contribution in [0.5, 0.6) is 0 Å². The number of thiol groups is 1. The highest BCUT2D eigenvalue weighted by Crippen LogP contribution is 2.45. The largest absolute Gasteiger partial charge is 0.316 e. The van der Waals surface area contributed by atoms with Crippen LogP contribution in [0.2, 0.25) is 0 Å². The normalized spacial score (nSPS) is 34.0. The molecule has 2 nitrogen and oxygen atoms in total. The zero-order valence-electron chi connectivity index (χ0n) is 8.98. The van der Waals surface area contributed by atoms with E-state index in [-0.39, 0.29) is 10.1 Å². The first-order valence-electron chi connectivity index (χ1n) is 5.57. The van der Waals surface area contributed by atoms with Gasteiger partial charge in [-0.3, -0.25) is 4.31 Å². The van der Waals surface area contributed by atoms with E-state index in [2.05, 4.69) is 42.0 Å². The van der Waals surface area contributed by atoms with E-state index in [9.17, 15) is 0 Å². The van der Waals surface area contributed by atoms with Crippen LogP contribution in [0.4, 0.5) is 0 Å². The van der Waals surface area contributed by atoms with Crippen LogP contribution in [0.3, 0.4) is 0 Å². The molecule has 2 aliphatic rings. The molecule has 1 atom stereocenters. The minimum atomic E-state index is 0.110. The lowest BCUT2D eigenvalue weighted by atomic mass is 10.5. The summed E-state index contributed by atoms with van der Waals surface area (Å²) in [6.07, 6.45) is 1.35. The molecule has 0 amide bonds. The third-order valence-corrected chi connectivity index (χ3v) is 9.94. The first-order chi connectivity index (χ1) is 7.47. The van der Waals surface area contributed by atoms with Gasteiger partial charge in [0.1, 0.15) is 0 Å². The molecule has 2 fully saturated rings. The molecule has 0 bridgehead atoms. The molecule has 15 heavy (non-hydrogen) atoms. The molecule has 2 heterocycles. The second kappa shape index (κ2) is 7.61. The number of nitrogens with zero attached hydrogens (tertiary/aromatic N) is 1. The lowest BCUT2D eigenvalue weighted by Crippen LogP contribution is -2.29. The molecule has 6 heteroatoms. The topological polar surface area (TPSA) is 15.3 Å². The maximum atomic E-state index is 3.54. The van der Waals surface area contributed by atoms with Gasteiger partial charge in [0.2, 0.25) is 0 Å². The summed E-state index contributed by atoms with van der Waals surface area (Å²) in [6.45, 7) is 5.09. The Balaban J connectivity index is 1.82. The van der Waals surface area contributed by atoms with Crippen molar-refractivity contribution in [2.75, 3.05) is 49.2 Å². The number of rotatable bonds is 1. The summed E-state index contributed by atoms with van der Waals surface area (Å²) in [5.74, 6) is 5.37. The van der Waals surface area contributed by atoms with Crippen LogP contribution in [0.25, 0.3) is 0 Å². The van der Waals surface area contributed by atoms with Crippen LogP contribution in [-0.2, 0) is 0 Å². The van der Waals surface area contributed by atoms with Gasteiger partial charge in [-0.25, -0.2) is 0 Å². The standard InChI is InChI=1S/C9H20N2S4/c1-2-10-3-9-15(14-6-1)11-4-7-12-13-8-5-11/h10,15H,1-9H2. The van der Waals surface area contributed by atoms with Gasteiger partial charge < -0.3 is 5.32 Å². The van der Waals surface area contributed by atoms with E-state index in [1.807, 2.05) is 0 Å². The zero-order chi connectivity index (χ0) is 10.3. The van der Waals surface area contributed by atoms with Crippen molar-refractivity contribution in [2.24, 2.45) is 0 Å². The summed E-state index contributed by atoms with van der Waals surface area (Å²) in [5.41, 5.74) is 0. The lowest BCUT2D eigenvalue weighted by molar-refractivity contribution is 0.532. The van der Waals surface area contributed by atoms with Crippen molar-refractivity contribution in [2.45, 2.75) is 6.42 Å². The summed E-state index contributed by atoms with van der Waals surface area (Å²) in [6, 6.07) is 0. The minimum absolute atomic E-state index is 0.110. The van der Waals surface area contributed by atoms with Gasteiger partial charge >= 0.3 is 0 Å². The Morgan fingerprint density at radius 2 is 1.80 bits per heavy atom. The molecule has 2 saturated heterocycles. The molecule has 0 saturated carbocycles. The van der Waals surface area contributed by atoms with Gasteiger partial charge in [0.25, 0.3) is 0 Å². The summed E-state index contributed by atoms with van der Waals surface area (Å²) in [4.78, 5) is 0. The van der Waals surface area contributed by atoms with E-state index < -0.39 is 0 Å². The van der Waals surface area contributed by atoms with Crippen LogP contribution in [0.1, 0.15) is 6.42 Å². The highest BCUT2D eigenvalue weighted by molar-refractivity contribution is 8.84. The highest BCUT2D eigenvalue weighted by atomic mass is 33.1. The fourth-order valence-corrected chi connectivity index (χ4v) is 8.66. The maximum Gasteiger partial charge on any atom is 0.0179 e. The van der Waals surface area contributed by atoms with Crippen molar-refractivity contribution in [3.63, 3.8) is 0 Å². The average molecular weight is 285 g/mol. The molecule has 0 aromatic heterocycles. The Kier molecular flexibility index (Phi) is 6.48. The predicted molar refractivity (Wildman–Crippen MR) is 80.3 cm³/mol. The van der Waals surface area contributed by atoms with E-state index in [0.29, 0.717) is 0 Å². The summed E-state index contributed by atoms with van der Waals surface area (Å²) >= 11 is 0. The molecule has 2 rings (SSSR count). The number of hydrogen-bond donors (Lipinski definition) is 2. The van der Waals surface area contributed by atoms with Gasteiger partial charge in [-0.2, -0.15) is 0 Å². The molecule has 0 spiro atoms. The Bertz CT molecular complexity index is 165. The van der Waals surface area contributed by atoms with Crippen LogP contribution < -0.4 is 5.32 Å². The minimum Gasteiger partial charge on any atom is -0.316 e. The summed E-state index contributed by atoms with van der Waals surface area (Å²) in [5, 5.41) is 3.54. The Morgan fingerprint density at radius 1 is 1.00 bits per heavy atom. The molecule has 90 valence electrons. The Hall–Kier alpha value is 1.32. The van der Waals surface area contributed by atoms with Crippen LogP contribution in [0, 0.1) is 0 Å². The molecule has 0 aromatic carbocycles. The van der Waals surface area contributed by atoms with E-state index in [4.69, 9.17) is 0 Å². The predicted octanol–water partition coefficient (Wildman–Crippen LogP) is 2.24. The molecule has 0 aromatic rings. The highest BCUT2D eigenvalue weighted by Gasteiger charge is 2.17. The molecule has 1 N–H and O–H groups in total. The number of nitrogens with one attached hydrogen (secondary N) is 1. The summed E-state index contributed by atoms with van der Waals surface area (Å²) < 4.78 is 2.76. The van der Waals surface area contributed by atoms with Crippen molar-refractivity contribution in [1.82, 2.24) is 9.62 Å². The van der Waals surface area contributed by atoms with E-state index in [0.717, 1.165) is 0 Å². The van der Waals surface area contributed by atoms with Gasteiger partial charge in [0.05, 0.1) is 0 Å². The molecule has 1 unspecified atom stereocenters. The molecular formula is C9H20N2S4. The van der Waals surface area contributed by atoms with Crippen molar-refractivity contribution in [1.29, 1.82) is 0 Å². The second-order valence-corrected chi connectivity index (χ2v) is 10.7. The maximum absolute atomic E-state index is 3.54.